The zero-order chi connectivity index (χ0) is 13.2. The molecule has 4 nitrogen and oxygen atoms in total. The van der Waals surface area contributed by atoms with E-state index in [-0.39, 0.29) is 5.91 Å². The van der Waals surface area contributed by atoms with Crippen molar-refractivity contribution in [3.63, 3.8) is 0 Å². The minimum Gasteiger partial charge on any atom is -0.405 e. The van der Waals surface area contributed by atoms with Crippen LogP contribution in [-0.2, 0) is 4.79 Å². The maximum absolute atomic E-state index is 11.5. The third kappa shape index (κ3) is 5.30. The van der Waals surface area contributed by atoms with Crippen molar-refractivity contribution >= 4 is 23.5 Å². The summed E-state index contributed by atoms with van der Waals surface area (Å²) in [5.74, 6) is 0.0548. The number of unbranched alkanes of at least 4 members (excludes halogenated alkanes) is 1. The van der Waals surface area contributed by atoms with Crippen LogP contribution in [0.3, 0.4) is 0 Å². The van der Waals surface area contributed by atoms with Crippen LogP contribution in [0.25, 0.3) is 0 Å². The summed E-state index contributed by atoms with van der Waals surface area (Å²) < 4.78 is 0. The normalized spacial score (nSPS) is 11.2. The Kier molecular flexibility index (Phi) is 6.25. The lowest BCUT2D eigenvalue weighted by atomic mass is 10.2. The van der Waals surface area contributed by atoms with Crippen LogP contribution in [0.4, 0.5) is 11.4 Å². The van der Waals surface area contributed by atoms with Gasteiger partial charge < -0.3 is 11.1 Å². The quantitative estimate of drug-likeness (QED) is 0.756. The summed E-state index contributed by atoms with van der Waals surface area (Å²) in [5.41, 5.74) is 6.81. The van der Waals surface area contributed by atoms with Gasteiger partial charge in [-0.1, -0.05) is 13.3 Å². The predicted molar refractivity (Wildman–Crippen MR) is 76.1 cm³/mol. The minimum absolute atomic E-state index is 0.0548. The van der Waals surface area contributed by atoms with E-state index in [0.29, 0.717) is 6.42 Å². The molecule has 4 heteroatoms. The minimum atomic E-state index is 0.0548. The number of carbonyl (C=O) groups excluding carboxylic acids is 1. The largest absolute Gasteiger partial charge is 0.405 e. The lowest BCUT2D eigenvalue weighted by molar-refractivity contribution is -0.116. The smallest absolute Gasteiger partial charge is 0.224 e. The van der Waals surface area contributed by atoms with Gasteiger partial charge in [0.1, 0.15) is 0 Å². The average molecular weight is 245 g/mol. The predicted octanol–water partition coefficient (Wildman–Crippen LogP) is 2.99. The summed E-state index contributed by atoms with van der Waals surface area (Å²) in [5, 5.41) is 2.85. The monoisotopic (exact) mass is 245 g/mol. The van der Waals surface area contributed by atoms with Crippen molar-refractivity contribution in [3.8, 4) is 0 Å². The summed E-state index contributed by atoms with van der Waals surface area (Å²) in [6.45, 7) is 2.07. The van der Waals surface area contributed by atoms with Crippen LogP contribution in [0.5, 0.6) is 0 Å². The molecule has 0 bridgehead atoms. The van der Waals surface area contributed by atoms with Gasteiger partial charge in [-0.25, -0.2) is 0 Å². The van der Waals surface area contributed by atoms with Crippen LogP contribution in [-0.4, -0.2) is 12.1 Å². The number of hydrogen-bond donors (Lipinski definition) is 2. The molecule has 1 aromatic carbocycles. The fourth-order valence-electron chi connectivity index (χ4n) is 1.37. The number of benzene rings is 1. The maximum atomic E-state index is 11.5. The van der Waals surface area contributed by atoms with Gasteiger partial charge >= 0.3 is 0 Å². The number of nitrogens with two attached hydrogens (primary N) is 1. The van der Waals surface area contributed by atoms with E-state index in [2.05, 4.69) is 17.2 Å². The standard InChI is InChI=1S/C14H19N3O/c1-2-3-5-14(18)17-13-8-6-12(7-9-13)16-11-4-10-15/h4,6-11H,2-3,5,15H2,1H3,(H,17,18). The van der Waals surface area contributed by atoms with Gasteiger partial charge in [0, 0.05) is 18.3 Å². The second-order valence-electron chi connectivity index (χ2n) is 3.86. The molecule has 1 aromatic rings. The molecule has 1 amide bonds. The summed E-state index contributed by atoms with van der Waals surface area (Å²) in [6.07, 6.45) is 7.20. The zero-order valence-electron chi connectivity index (χ0n) is 10.6. The van der Waals surface area contributed by atoms with E-state index in [1.807, 2.05) is 24.3 Å². The summed E-state index contributed by atoms with van der Waals surface area (Å²) >= 11 is 0. The first-order valence-corrected chi connectivity index (χ1v) is 6.07. The molecule has 0 spiro atoms. The number of rotatable bonds is 6. The van der Waals surface area contributed by atoms with E-state index in [9.17, 15) is 4.79 Å². The first-order valence-electron chi connectivity index (χ1n) is 6.07. The molecule has 1 rings (SSSR count). The molecular weight excluding hydrogens is 226 g/mol. The van der Waals surface area contributed by atoms with Crippen molar-refractivity contribution in [2.45, 2.75) is 26.2 Å². The highest BCUT2D eigenvalue weighted by Gasteiger charge is 2.00. The van der Waals surface area contributed by atoms with E-state index < -0.39 is 0 Å². The Labute approximate surface area is 108 Å². The van der Waals surface area contributed by atoms with Crippen molar-refractivity contribution < 1.29 is 4.79 Å². The second-order valence-corrected chi connectivity index (χ2v) is 3.86. The summed E-state index contributed by atoms with van der Waals surface area (Å²) in [4.78, 5) is 15.7. The highest BCUT2D eigenvalue weighted by molar-refractivity contribution is 5.90. The van der Waals surface area contributed by atoms with Crippen molar-refractivity contribution in [2.24, 2.45) is 10.7 Å². The molecule has 0 aliphatic carbocycles. The molecule has 0 unspecified atom stereocenters. The van der Waals surface area contributed by atoms with Gasteiger partial charge in [-0.15, -0.1) is 0 Å². The van der Waals surface area contributed by atoms with Gasteiger partial charge in [0.25, 0.3) is 0 Å². The number of nitrogens with one attached hydrogen (secondary N) is 1. The molecule has 0 aliphatic rings. The lowest BCUT2D eigenvalue weighted by Crippen LogP contribution is -2.10. The van der Waals surface area contributed by atoms with Gasteiger partial charge in [0.05, 0.1) is 5.69 Å². The molecule has 0 heterocycles. The highest BCUT2D eigenvalue weighted by Crippen LogP contribution is 2.16. The highest BCUT2D eigenvalue weighted by atomic mass is 16.1. The molecule has 0 fully saturated rings. The van der Waals surface area contributed by atoms with Gasteiger partial charge in [-0.2, -0.15) is 0 Å². The molecule has 96 valence electrons. The lowest BCUT2D eigenvalue weighted by Gasteiger charge is -2.04. The topological polar surface area (TPSA) is 67.5 Å². The Morgan fingerprint density at radius 2 is 2.11 bits per heavy atom. The molecule has 0 radical (unpaired) electrons. The van der Waals surface area contributed by atoms with Crippen LogP contribution < -0.4 is 11.1 Å². The van der Waals surface area contributed by atoms with Crippen molar-refractivity contribution in [2.75, 3.05) is 5.32 Å². The molecule has 0 saturated carbocycles. The number of hydrogen-bond acceptors (Lipinski definition) is 3. The third-order valence-corrected chi connectivity index (χ3v) is 2.33. The number of anilines is 1. The van der Waals surface area contributed by atoms with Crippen LogP contribution in [0.1, 0.15) is 26.2 Å². The van der Waals surface area contributed by atoms with Crippen LogP contribution in [0, 0.1) is 0 Å². The molecule has 3 N–H and O–H groups in total. The van der Waals surface area contributed by atoms with E-state index >= 15 is 0 Å². The van der Waals surface area contributed by atoms with Crippen molar-refractivity contribution in [1.29, 1.82) is 0 Å². The SMILES string of the molecule is CCCCC(=O)Nc1ccc(N=CC=CN)cc1. The molecule has 0 aliphatic heterocycles. The van der Waals surface area contributed by atoms with E-state index in [4.69, 9.17) is 5.73 Å². The fraction of sp³-hybridized carbons (Fsp3) is 0.286. The summed E-state index contributed by atoms with van der Waals surface area (Å²) in [6, 6.07) is 7.36. The Morgan fingerprint density at radius 1 is 1.39 bits per heavy atom. The van der Waals surface area contributed by atoms with Gasteiger partial charge in [-0.3, -0.25) is 9.79 Å². The number of aliphatic imine (C=N–C) groups is 1. The van der Waals surface area contributed by atoms with Gasteiger partial charge in [0.15, 0.2) is 0 Å². The van der Waals surface area contributed by atoms with Gasteiger partial charge in [-0.05, 0) is 43.0 Å². The van der Waals surface area contributed by atoms with E-state index in [1.165, 1.54) is 6.20 Å². The third-order valence-electron chi connectivity index (χ3n) is 2.33. The Hall–Kier alpha value is -2.10. The Balaban J connectivity index is 2.52. The number of allylic oxidation sites excluding steroid dienone is 1. The van der Waals surface area contributed by atoms with Crippen LogP contribution >= 0.6 is 0 Å². The zero-order valence-corrected chi connectivity index (χ0v) is 10.6. The van der Waals surface area contributed by atoms with Crippen molar-refractivity contribution in [3.05, 3.63) is 36.5 Å². The maximum Gasteiger partial charge on any atom is 0.224 e. The number of amides is 1. The number of nitrogens with zero attached hydrogens (tertiary/aromatic N) is 1. The van der Waals surface area contributed by atoms with E-state index in [0.717, 1.165) is 24.2 Å². The summed E-state index contributed by atoms with van der Waals surface area (Å²) in [7, 11) is 0. The molecular formula is C14H19N3O. The average Bonchev–Trinajstić information content (AvgIpc) is 2.39. The molecule has 0 aromatic heterocycles. The first kappa shape index (κ1) is 14.0. The Bertz CT molecular complexity index is 421. The van der Waals surface area contributed by atoms with Gasteiger partial charge in [0.2, 0.25) is 5.91 Å². The first-order chi connectivity index (χ1) is 8.76. The van der Waals surface area contributed by atoms with Crippen molar-refractivity contribution in [1.82, 2.24) is 0 Å². The van der Waals surface area contributed by atoms with Crippen LogP contribution in [0.2, 0.25) is 0 Å². The molecule has 18 heavy (non-hydrogen) atoms. The molecule has 0 saturated heterocycles. The second kappa shape index (κ2) is 8.06. The Morgan fingerprint density at radius 3 is 2.72 bits per heavy atom. The molecule has 0 atom stereocenters. The van der Waals surface area contributed by atoms with E-state index in [1.54, 1.807) is 12.3 Å². The number of carbonyl (C=O) groups is 1. The fourth-order valence-corrected chi connectivity index (χ4v) is 1.37. The van der Waals surface area contributed by atoms with Crippen LogP contribution in [0.15, 0.2) is 41.5 Å².